The molecule has 0 unspecified atom stereocenters. The highest BCUT2D eigenvalue weighted by molar-refractivity contribution is 7.18. The van der Waals surface area contributed by atoms with E-state index >= 15 is 0 Å². The molecule has 0 N–H and O–H groups in total. The van der Waals surface area contributed by atoms with Crippen molar-refractivity contribution in [2.75, 3.05) is 11.4 Å². The normalized spacial score (nSPS) is 15.7. The Balaban J connectivity index is 1.69. The number of ether oxygens (including phenoxy) is 1. The van der Waals surface area contributed by atoms with E-state index in [1.54, 1.807) is 11.3 Å². The molecule has 0 radical (unpaired) electrons. The van der Waals surface area contributed by atoms with Crippen molar-refractivity contribution >= 4 is 33.3 Å². The maximum Gasteiger partial charge on any atom is 0.262 e. The van der Waals surface area contributed by atoms with Crippen molar-refractivity contribution < 1.29 is 9.30 Å². The molecule has 1 aromatic heterocycles. The summed E-state index contributed by atoms with van der Waals surface area (Å²) in [5, 5.41) is 1.23. The Morgan fingerprint density at radius 1 is 1.16 bits per heavy atom. The van der Waals surface area contributed by atoms with Crippen molar-refractivity contribution in [3.63, 3.8) is 0 Å². The van der Waals surface area contributed by atoms with Crippen LogP contribution in [-0.4, -0.2) is 6.54 Å². The van der Waals surface area contributed by atoms with Gasteiger partial charge in [-0.2, -0.15) is 4.57 Å². The number of aryl methyl sites for hydroxylation is 1. The summed E-state index contributed by atoms with van der Waals surface area (Å²) >= 11 is 1.81. The monoisotopic (exact) mass is 349 g/mol. The summed E-state index contributed by atoms with van der Waals surface area (Å²) in [7, 11) is 2.12. The van der Waals surface area contributed by atoms with Gasteiger partial charge in [-0.05, 0) is 37.6 Å². The lowest BCUT2D eigenvalue weighted by molar-refractivity contribution is -0.642. The molecule has 4 rings (SSSR count). The topological polar surface area (TPSA) is 16.4 Å². The Hall–Kier alpha value is -2.59. The number of fused-ring (bicyclic) bond motifs is 2. The number of hydrogen-bond acceptors (Lipinski definition) is 3. The van der Waals surface area contributed by atoms with E-state index < -0.39 is 0 Å². The molecular formula is C21H21N2OS+. The largest absolute Gasteiger partial charge is 0.439 e. The average Bonchev–Trinajstić information content (AvgIpc) is 3.12. The second-order valence-electron chi connectivity index (χ2n) is 6.15. The van der Waals surface area contributed by atoms with Gasteiger partial charge in [-0.15, -0.1) is 0 Å². The van der Waals surface area contributed by atoms with Crippen molar-refractivity contribution in [2.24, 2.45) is 7.05 Å². The van der Waals surface area contributed by atoms with Crippen LogP contribution in [0, 0.1) is 0 Å². The molecule has 126 valence electrons. The maximum absolute atomic E-state index is 6.05. The number of anilines is 1. The molecule has 1 aliphatic heterocycles. The first-order valence-corrected chi connectivity index (χ1v) is 9.31. The zero-order valence-electron chi connectivity index (χ0n) is 14.7. The lowest BCUT2D eigenvalue weighted by Gasteiger charge is -2.15. The number of aromatic nitrogens is 1. The Kier molecular flexibility index (Phi) is 4.06. The maximum atomic E-state index is 6.05. The van der Waals surface area contributed by atoms with Gasteiger partial charge >= 0.3 is 0 Å². The van der Waals surface area contributed by atoms with Gasteiger partial charge in [0, 0.05) is 24.8 Å². The molecule has 2 aromatic carbocycles. The van der Waals surface area contributed by atoms with Crippen LogP contribution in [0.5, 0.6) is 5.75 Å². The molecule has 3 aromatic rings. The Labute approximate surface area is 152 Å². The summed E-state index contributed by atoms with van der Waals surface area (Å²) in [6.45, 7) is 5.15. The van der Waals surface area contributed by atoms with Gasteiger partial charge in [0.1, 0.15) is 11.7 Å². The van der Waals surface area contributed by atoms with Gasteiger partial charge in [-0.3, -0.25) is 0 Å². The Morgan fingerprint density at radius 2 is 1.92 bits per heavy atom. The summed E-state index contributed by atoms with van der Waals surface area (Å²) in [4.78, 5) is 2.21. The molecule has 2 heterocycles. The minimum absolute atomic E-state index is 0.882. The van der Waals surface area contributed by atoms with Crippen molar-refractivity contribution in [3.05, 3.63) is 71.1 Å². The van der Waals surface area contributed by atoms with Crippen LogP contribution in [0.25, 0.3) is 16.3 Å². The van der Waals surface area contributed by atoms with Gasteiger partial charge in [0.25, 0.3) is 5.01 Å². The predicted molar refractivity (Wildman–Crippen MR) is 105 cm³/mol. The van der Waals surface area contributed by atoms with Crippen molar-refractivity contribution in [2.45, 2.75) is 13.8 Å². The summed E-state index contributed by atoms with van der Waals surface area (Å²) in [5.74, 6) is 1.82. The predicted octanol–water partition coefficient (Wildman–Crippen LogP) is 4.89. The molecule has 4 heteroatoms. The highest BCUT2D eigenvalue weighted by Gasteiger charge is 2.24. The fourth-order valence-corrected chi connectivity index (χ4v) is 4.33. The fourth-order valence-electron chi connectivity index (χ4n) is 3.16. The van der Waals surface area contributed by atoms with Crippen LogP contribution in [0.1, 0.15) is 18.9 Å². The van der Waals surface area contributed by atoms with E-state index in [4.69, 9.17) is 4.74 Å². The number of nitrogens with zero attached hydrogens (tertiary/aromatic N) is 2. The van der Waals surface area contributed by atoms with Crippen LogP contribution in [-0.2, 0) is 7.05 Å². The van der Waals surface area contributed by atoms with E-state index in [0.29, 0.717) is 0 Å². The first-order chi connectivity index (χ1) is 12.2. The van der Waals surface area contributed by atoms with E-state index in [2.05, 4.69) is 72.8 Å². The van der Waals surface area contributed by atoms with Gasteiger partial charge in [-0.25, -0.2) is 0 Å². The van der Waals surface area contributed by atoms with Crippen molar-refractivity contribution in [3.8, 4) is 5.75 Å². The second-order valence-corrected chi connectivity index (χ2v) is 7.21. The molecule has 0 aliphatic carbocycles. The number of rotatable bonds is 3. The van der Waals surface area contributed by atoms with Crippen LogP contribution in [0.15, 0.2) is 66.1 Å². The van der Waals surface area contributed by atoms with E-state index in [1.165, 1.54) is 20.8 Å². The van der Waals surface area contributed by atoms with Gasteiger partial charge in [0.2, 0.25) is 11.4 Å². The van der Waals surface area contributed by atoms with E-state index in [-0.39, 0.29) is 0 Å². The standard InChI is InChI=1S/C21H21N2OS/c1-4-23-16-9-5-7-11-18(16)24-20(23)13-15(2)14-21-22(3)17-10-6-8-12-19(17)25-21/h5-14H,4H2,1-3H3/q+1. The summed E-state index contributed by atoms with van der Waals surface area (Å²) in [6, 6.07) is 16.7. The molecular weight excluding hydrogens is 328 g/mol. The van der Waals surface area contributed by atoms with Gasteiger partial charge in [-0.1, -0.05) is 35.6 Å². The molecule has 0 fully saturated rings. The first-order valence-electron chi connectivity index (χ1n) is 8.49. The number of hydrogen-bond donors (Lipinski definition) is 0. The van der Waals surface area contributed by atoms with Gasteiger partial charge < -0.3 is 9.64 Å². The molecule has 0 amide bonds. The molecule has 0 spiro atoms. The highest BCUT2D eigenvalue weighted by Crippen LogP contribution is 2.38. The first kappa shape index (κ1) is 15.9. The SMILES string of the molecule is CCN1C(=CC(C)=Cc2sc3ccccc3[n+]2C)Oc2ccccc21. The van der Waals surface area contributed by atoms with Crippen molar-refractivity contribution in [1.82, 2.24) is 0 Å². The fraction of sp³-hybridized carbons (Fsp3) is 0.190. The summed E-state index contributed by atoms with van der Waals surface area (Å²) < 4.78 is 9.59. The molecule has 3 nitrogen and oxygen atoms in total. The quantitative estimate of drug-likeness (QED) is 0.626. The van der Waals surface area contributed by atoms with Crippen LogP contribution in [0.4, 0.5) is 5.69 Å². The van der Waals surface area contributed by atoms with E-state index in [0.717, 1.165) is 23.9 Å². The average molecular weight is 349 g/mol. The molecule has 0 saturated heterocycles. The molecule has 0 saturated carbocycles. The zero-order valence-corrected chi connectivity index (χ0v) is 15.5. The second kappa shape index (κ2) is 6.37. The molecule has 0 atom stereocenters. The lowest BCUT2D eigenvalue weighted by atomic mass is 10.2. The number of benzene rings is 2. The van der Waals surface area contributed by atoms with E-state index in [1.807, 2.05) is 18.2 Å². The third-order valence-electron chi connectivity index (χ3n) is 4.43. The molecule has 0 bridgehead atoms. The number of thiazole rings is 1. The summed E-state index contributed by atoms with van der Waals surface area (Å²) in [6.07, 6.45) is 4.34. The minimum Gasteiger partial charge on any atom is -0.439 e. The van der Waals surface area contributed by atoms with Crippen LogP contribution in [0.2, 0.25) is 0 Å². The summed E-state index contributed by atoms with van der Waals surface area (Å²) in [5.41, 5.74) is 3.57. The minimum atomic E-state index is 0.882. The molecule has 25 heavy (non-hydrogen) atoms. The van der Waals surface area contributed by atoms with Crippen LogP contribution < -0.4 is 14.2 Å². The third-order valence-corrected chi connectivity index (χ3v) is 5.59. The highest BCUT2D eigenvalue weighted by atomic mass is 32.1. The van der Waals surface area contributed by atoms with Crippen LogP contribution in [0.3, 0.4) is 0 Å². The van der Waals surface area contributed by atoms with Crippen molar-refractivity contribution in [1.29, 1.82) is 0 Å². The van der Waals surface area contributed by atoms with Gasteiger partial charge in [0.05, 0.1) is 5.69 Å². The Morgan fingerprint density at radius 3 is 2.72 bits per heavy atom. The smallest absolute Gasteiger partial charge is 0.262 e. The third kappa shape index (κ3) is 2.83. The lowest BCUT2D eigenvalue weighted by Crippen LogP contribution is -2.28. The molecule has 1 aliphatic rings. The zero-order chi connectivity index (χ0) is 17.4. The van der Waals surface area contributed by atoms with Gasteiger partial charge in [0.15, 0.2) is 5.75 Å². The number of para-hydroxylation sites is 3. The van der Waals surface area contributed by atoms with Crippen LogP contribution >= 0.6 is 11.3 Å². The Bertz CT molecular complexity index is 1000. The number of allylic oxidation sites excluding steroid dienone is 2. The van der Waals surface area contributed by atoms with E-state index in [9.17, 15) is 0 Å².